The summed E-state index contributed by atoms with van der Waals surface area (Å²) in [6.45, 7) is 6.42. The van der Waals surface area contributed by atoms with Gasteiger partial charge in [0.1, 0.15) is 5.78 Å². The second-order valence-corrected chi connectivity index (χ2v) is 10.0. The van der Waals surface area contributed by atoms with Crippen molar-refractivity contribution >= 4 is 5.78 Å². The number of ketones is 1. The van der Waals surface area contributed by atoms with Crippen LogP contribution in [-0.4, -0.2) is 24.8 Å². The first kappa shape index (κ1) is 15.8. The molecule has 0 radical (unpaired) electrons. The summed E-state index contributed by atoms with van der Waals surface area (Å²) < 4.78 is 12.0. The maximum atomic E-state index is 13.2. The van der Waals surface area contributed by atoms with Gasteiger partial charge in [-0.25, -0.2) is 0 Å². The monoisotopic (exact) mass is 332 g/mol. The molecule has 1 heterocycles. The lowest BCUT2D eigenvalue weighted by Gasteiger charge is -2.60. The van der Waals surface area contributed by atoms with E-state index in [1.165, 1.54) is 38.5 Å². The predicted molar refractivity (Wildman–Crippen MR) is 91.4 cm³/mol. The molecule has 5 aliphatic rings. The lowest BCUT2D eigenvalue weighted by Crippen LogP contribution is -2.58. The maximum Gasteiger partial charge on any atom is 0.168 e. The van der Waals surface area contributed by atoms with Gasteiger partial charge in [0.2, 0.25) is 0 Å². The number of hydrogen-bond acceptors (Lipinski definition) is 3. The van der Waals surface area contributed by atoms with E-state index >= 15 is 0 Å². The van der Waals surface area contributed by atoms with Gasteiger partial charge in [-0.05, 0) is 60.7 Å². The molecule has 4 aliphatic carbocycles. The van der Waals surface area contributed by atoms with Gasteiger partial charge in [0, 0.05) is 25.2 Å². The standard InChI is InChI=1S/C21H32O3/c1-19-6-3-4-15(19)18-16(5-7-19)20(2)8-9-21(23-10-11-24-21)13-14(20)12-17(18)22/h14-16,18H,3-13H2,1-2H3/t14-,15-,16-,18-,19-,20-/m0/s1. The Balaban J connectivity index is 1.46. The quantitative estimate of drug-likeness (QED) is 0.662. The molecule has 0 unspecified atom stereocenters. The first-order valence-corrected chi connectivity index (χ1v) is 10.3. The molecule has 3 heteroatoms. The van der Waals surface area contributed by atoms with Gasteiger partial charge in [-0.15, -0.1) is 0 Å². The molecule has 1 spiro atoms. The van der Waals surface area contributed by atoms with Crippen LogP contribution in [0.2, 0.25) is 0 Å². The lowest BCUT2D eigenvalue weighted by atomic mass is 9.44. The summed E-state index contributed by atoms with van der Waals surface area (Å²) in [4.78, 5) is 13.2. The van der Waals surface area contributed by atoms with Gasteiger partial charge < -0.3 is 9.47 Å². The van der Waals surface area contributed by atoms with Gasteiger partial charge in [-0.1, -0.05) is 20.3 Å². The Morgan fingerprint density at radius 2 is 1.75 bits per heavy atom. The Morgan fingerprint density at radius 3 is 2.54 bits per heavy atom. The van der Waals surface area contributed by atoms with E-state index in [0.717, 1.165) is 32.5 Å². The fraction of sp³-hybridized carbons (Fsp3) is 0.952. The Labute approximate surface area is 145 Å². The highest BCUT2D eigenvalue weighted by Gasteiger charge is 2.62. The zero-order valence-corrected chi connectivity index (χ0v) is 15.3. The minimum absolute atomic E-state index is 0.322. The summed E-state index contributed by atoms with van der Waals surface area (Å²) in [5.74, 6) is 2.31. The molecule has 24 heavy (non-hydrogen) atoms. The van der Waals surface area contributed by atoms with Crippen molar-refractivity contribution in [1.29, 1.82) is 0 Å². The van der Waals surface area contributed by atoms with E-state index in [9.17, 15) is 4.79 Å². The van der Waals surface area contributed by atoms with Crippen LogP contribution in [0.25, 0.3) is 0 Å². The summed E-state index contributed by atoms with van der Waals surface area (Å²) in [7, 11) is 0. The van der Waals surface area contributed by atoms with Crippen molar-refractivity contribution in [3.8, 4) is 0 Å². The molecule has 0 aromatic rings. The van der Waals surface area contributed by atoms with Crippen molar-refractivity contribution < 1.29 is 14.3 Å². The van der Waals surface area contributed by atoms with Crippen LogP contribution in [0.5, 0.6) is 0 Å². The van der Waals surface area contributed by atoms with Crippen molar-refractivity contribution in [1.82, 2.24) is 0 Å². The van der Waals surface area contributed by atoms with Gasteiger partial charge >= 0.3 is 0 Å². The first-order valence-electron chi connectivity index (χ1n) is 10.3. The number of carbonyl (C=O) groups is 1. The molecule has 134 valence electrons. The van der Waals surface area contributed by atoms with Crippen LogP contribution in [0.1, 0.15) is 71.6 Å². The number of hydrogen-bond donors (Lipinski definition) is 0. The molecule has 0 aromatic carbocycles. The highest BCUT2D eigenvalue weighted by atomic mass is 16.7. The average molecular weight is 332 g/mol. The fourth-order valence-electron chi connectivity index (χ4n) is 7.62. The van der Waals surface area contributed by atoms with E-state index in [1.807, 2.05) is 0 Å². The fourth-order valence-corrected chi connectivity index (χ4v) is 7.62. The molecular formula is C21H32O3. The normalized spacial score (nSPS) is 52.8. The summed E-state index contributed by atoms with van der Waals surface area (Å²) >= 11 is 0. The highest BCUT2D eigenvalue weighted by molar-refractivity contribution is 5.83. The van der Waals surface area contributed by atoms with Crippen LogP contribution >= 0.6 is 0 Å². The number of Topliss-reactive ketones (excluding diaryl/α,β-unsaturated/α-hetero) is 1. The van der Waals surface area contributed by atoms with E-state index in [-0.39, 0.29) is 5.79 Å². The Bertz CT molecular complexity index is 551. The molecule has 0 amide bonds. The molecule has 0 aromatic heterocycles. The van der Waals surface area contributed by atoms with E-state index < -0.39 is 0 Å². The zero-order valence-electron chi connectivity index (χ0n) is 15.3. The van der Waals surface area contributed by atoms with Crippen LogP contribution in [-0.2, 0) is 14.3 Å². The molecule has 5 rings (SSSR count). The minimum atomic E-state index is -0.353. The van der Waals surface area contributed by atoms with E-state index in [0.29, 0.717) is 40.3 Å². The van der Waals surface area contributed by atoms with Gasteiger partial charge in [-0.3, -0.25) is 4.79 Å². The van der Waals surface area contributed by atoms with Gasteiger partial charge in [-0.2, -0.15) is 0 Å². The topological polar surface area (TPSA) is 35.5 Å². The van der Waals surface area contributed by atoms with Crippen molar-refractivity contribution in [3.05, 3.63) is 0 Å². The molecular weight excluding hydrogens is 300 g/mol. The molecule has 0 bridgehead atoms. The van der Waals surface area contributed by atoms with Crippen molar-refractivity contribution in [2.45, 2.75) is 77.4 Å². The third-order valence-corrected chi connectivity index (χ3v) is 9.07. The molecule has 1 saturated heterocycles. The maximum absolute atomic E-state index is 13.2. The Morgan fingerprint density at radius 1 is 0.958 bits per heavy atom. The molecule has 3 nitrogen and oxygen atoms in total. The summed E-state index contributed by atoms with van der Waals surface area (Å²) in [5.41, 5.74) is 0.774. The van der Waals surface area contributed by atoms with Crippen LogP contribution in [0, 0.1) is 34.5 Å². The Hall–Kier alpha value is -0.410. The highest BCUT2D eigenvalue weighted by Crippen LogP contribution is 2.66. The number of fused-ring (bicyclic) bond motifs is 5. The van der Waals surface area contributed by atoms with Crippen LogP contribution < -0.4 is 0 Å². The van der Waals surface area contributed by atoms with Crippen LogP contribution in [0.4, 0.5) is 0 Å². The van der Waals surface area contributed by atoms with Crippen molar-refractivity contribution in [3.63, 3.8) is 0 Å². The molecule has 6 atom stereocenters. The van der Waals surface area contributed by atoms with Crippen LogP contribution in [0.15, 0.2) is 0 Å². The molecule has 1 aliphatic heterocycles. The van der Waals surface area contributed by atoms with Gasteiger partial charge in [0.25, 0.3) is 0 Å². The second kappa shape index (κ2) is 5.07. The van der Waals surface area contributed by atoms with E-state index in [1.54, 1.807) is 0 Å². The third-order valence-electron chi connectivity index (χ3n) is 9.07. The lowest BCUT2D eigenvalue weighted by molar-refractivity contribution is -0.226. The van der Waals surface area contributed by atoms with E-state index in [2.05, 4.69) is 13.8 Å². The first-order chi connectivity index (χ1) is 11.5. The summed E-state index contributed by atoms with van der Waals surface area (Å²) in [6, 6.07) is 0. The number of carbonyl (C=O) groups excluding carboxylic acids is 1. The average Bonchev–Trinajstić information content (AvgIpc) is 3.16. The van der Waals surface area contributed by atoms with Crippen LogP contribution in [0.3, 0.4) is 0 Å². The molecule has 5 fully saturated rings. The summed E-state index contributed by atoms with van der Waals surface area (Å²) in [6.07, 6.45) is 10.5. The largest absolute Gasteiger partial charge is 0.348 e. The molecule has 4 saturated carbocycles. The number of rotatable bonds is 0. The van der Waals surface area contributed by atoms with Gasteiger partial charge in [0.15, 0.2) is 5.79 Å². The predicted octanol–water partition coefficient (Wildman–Crippen LogP) is 4.34. The Kier molecular flexibility index (Phi) is 3.34. The van der Waals surface area contributed by atoms with E-state index in [4.69, 9.17) is 9.47 Å². The van der Waals surface area contributed by atoms with Gasteiger partial charge in [0.05, 0.1) is 13.2 Å². The minimum Gasteiger partial charge on any atom is -0.348 e. The third kappa shape index (κ3) is 2.00. The second-order valence-electron chi connectivity index (χ2n) is 10.0. The SMILES string of the molecule is C[C@@]12CCC[C@H]1[C@@H]1C(=O)C[C@H]3CC4(CC[C@]3(C)[C@H]1CC2)OCCO4. The molecule has 0 N–H and O–H groups in total. The summed E-state index contributed by atoms with van der Waals surface area (Å²) in [5, 5.41) is 0. The van der Waals surface area contributed by atoms with Crippen molar-refractivity contribution in [2.24, 2.45) is 34.5 Å². The zero-order chi connectivity index (χ0) is 16.6. The number of ether oxygens (including phenoxy) is 2. The smallest absolute Gasteiger partial charge is 0.168 e. The van der Waals surface area contributed by atoms with Crippen molar-refractivity contribution in [2.75, 3.05) is 13.2 Å².